The first kappa shape index (κ1) is 14.8. The van der Waals surface area contributed by atoms with Gasteiger partial charge in [-0.1, -0.05) is 12.1 Å². The van der Waals surface area contributed by atoms with Gasteiger partial charge in [0.25, 0.3) is 5.69 Å². The Kier molecular flexibility index (Phi) is 4.37. The Balaban J connectivity index is 2.26. The Morgan fingerprint density at radius 1 is 1.38 bits per heavy atom. The van der Waals surface area contributed by atoms with Crippen molar-refractivity contribution in [1.29, 1.82) is 0 Å². The highest BCUT2D eigenvalue weighted by Gasteiger charge is 2.15. The second-order valence-corrected chi connectivity index (χ2v) is 4.73. The lowest BCUT2D eigenvalue weighted by atomic mass is 10.0. The van der Waals surface area contributed by atoms with E-state index in [4.69, 9.17) is 4.74 Å². The number of nitrogens with one attached hydrogen (secondary N) is 1. The van der Waals surface area contributed by atoms with Crippen LogP contribution in [0.5, 0.6) is 5.88 Å². The van der Waals surface area contributed by atoms with E-state index in [9.17, 15) is 10.1 Å². The van der Waals surface area contributed by atoms with Gasteiger partial charge in [-0.05, 0) is 31.5 Å². The summed E-state index contributed by atoms with van der Waals surface area (Å²) in [5.74, 6) is 0.492. The molecule has 0 saturated heterocycles. The van der Waals surface area contributed by atoms with Crippen LogP contribution >= 0.6 is 0 Å². The molecule has 1 aromatic heterocycles. The van der Waals surface area contributed by atoms with E-state index < -0.39 is 0 Å². The van der Waals surface area contributed by atoms with Gasteiger partial charge >= 0.3 is 0 Å². The molecule has 0 aliphatic heterocycles. The van der Waals surface area contributed by atoms with Crippen LogP contribution in [-0.4, -0.2) is 17.0 Å². The van der Waals surface area contributed by atoms with Gasteiger partial charge < -0.3 is 10.1 Å². The monoisotopic (exact) mass is 287 g/mol. The summed E-state index contributed by atoms with van der Waals surface area (Å²) in [6, 6.07) is 8.77. The molecule has 0 radical (unpaired) electrons. The normalized spacial score (nSPS) is 11.8. The number of nitro groups is 1. The molecule has 110 valence electrons. The molecule has 0 aliphatic carbocycles. The van der Waals surface area contributed by atoms with Gasteiger partial charge in [-0.3, -0.25) is 10.1 Å². The molecule has 6 heteroatoms. The summed E-state index contributed by atoms with van der Waals surface area (Å²) < 4.78 is 5.18. The van der Waals surface area contributed by atoms with Crippen LogP contribution in [0.1, 0.15) is 24.1 Å². The van der Waals surface area contributed by atoms with Crippen LogP contribution in [0.25, 0.3) is 0 Å². The molecular formula is C15H17N3O3. The Hall–Kier alpha value is -2.63. The number of nitro benzene ring substituents is 1. The number of nitrogens with zero attached hydrogens (tertiary/aromatic N) is 2. The third-order valence-corrected chi connectivity index (χ3v) is 3.27. The molecule has 0 aliphatic rings. The molecule has 1 heterocycles. The number of aromatic nitrogens is 1. The minimum Gasteiger partial charge on any atom is -0.480 e. The van der Waals surface area contributed by atoms with Gasteiger partial charge in [-0.2, -0.15) is 0 Å². The fourth-order valence-corrected chi connectivity index (χ4v) is 2.07. The predicted molar refractivity (Wildman–Crippen MR) is 80.7 cm³/mol. The average molecular weight is 287 g/mol. The standard InChI is InChI=1S/C15H17N3O3/c1-10-6-7-12(9-14(10)18(19)20)11(2)17-13-5-4-8-16-15(13)21-3/h4-9,11,17H,1-3H3. The Morgan fingerprint density at radius 3 is 2.81 bits per heavy atom. The van der Waals surface area contributed by atoms with Gasteiger partial charge in [0.1, 0.15) is 0 Å². The van der Waals surface area contributed by atoms with E-state index in [0.717, 1.165) is 11.3 Å². The molecule has 1 atom stereocenters. The van der Waals surface area contributed by atoms with Crippen LogP contribution in [0.15, 0.2) is 36.5 Å². The van der Waals surface area contributed by atoms with Gasteiger partial charge in [0, 0.05) is 23.9 Å². The van der Waals surface area contributed by atoms with Gasteiger partial charge in [-0.15, -0.1) is 0 Å². The molecule has 1 unspecified atom stereocenters. The lowest BCUT2D eigenvalue weighted by molar-refractivity contribution is -0.385. The zero-order valence-electron chi connectivity index (χ0n) is 12.2. The van der Waals surface area contributed by atoms with E-state index in [2.05, 4.69) is 10.3 Å². The maximum atomic E-state index is 11.0. The summed E-state index contributed by atoms with van der Waals surface area (Å²) in [5.41, 5.74) is 2.35. The molecule has 1 N–H and O–H groups in total. The smallest absolute Gasteiger partial charge is 0.272 e. The highest BCUT2D eigenvalue weighted by molar-refractivity contribution is 5.54. The van der Waals surface area contributed by atoms with E-state index in [0.29, 0.717) is 11.4 Å². The molecule has 0 saturated carbocycles. The van der Waals surface area contributed by atoms with Crippen molar-refractivity contribution in [3.8, 4) is 5.88 Å². The van der Waals surface area contributed by atoms with E-state index in [1.807, 2.05) is 19.1 Å². The molecule has 0 spiro atoms. The van der Waals surface area contributed by atoms with Gasteiger partial charge in [0.2, 0.25) is 5.88 Å². The maximum Gasteiger partial charge on any atom is 0.272 e. The quantitative estimate of drug-likeness (QED) is 0.673. The van der Waals surface area contributed by atoms with Crippen molar-refractivity contribution in [2.75, 3.05) is 12.4 Å². The number of hydrogen-bond donors (Lipinski definition) is 1. The van der Waals surface area contributed by atoms with Gasteiger partial charge in [-0.25, -0.2) is 4.98 Å². The SMILES string of the molecule is COc1ncccc1NC(C)c1ccc(C)c([N+](=O)[O-])c1. The minimum atomic E-state index is -0.365. The van der Waals surface area contributed by atoms with E-state index in [1.165, 1.54) is 0 Å². The molecule has 0 fully saturated rings. The van der Waals surface area contributed by atoms with E-state index in [-0.39, 0.29) is 16.7 Å². The molecule has 0 amide bonds. The number of pyridine rings is 1. The lowest BCUT2D eigenvalue weighted by Crippen LogP contribution is -2.09. The predicted octanol–water partition coefficient (Wildman–Crippen LogP) is 3.48. The average Bonchev–Trinajstić information content (AvgIpc) is 2.47. The van der Waals surface area contributed by atoms with Crippen LogP contribution < -0.4 is 10.1 Å². The Bertz CT molecular complexity index is 658. The molecule has 2 aromatic rings. The van der Waals surface area contributed by atoms with Crippen molar-refractivity contribution >= 4 is 11.4 Å². The Labute approximate surface area is 122 Å². The number of methoxy groups -OCH3 is 1. The summed E-state index contributed by atoms with van der Waals surface area (Å²) in [5, 5.41) is 14.3. The molecular weight excluding hydrogens is 270 g/mol. The summed E-state index contributed by atoms with van der Waals surface area (Å²) in [7, 11) is 1.55. The first-order chi connectivity index (χ1) is 10.0. The molecule has 21 heavy (non-hydrogen) atoms. The number of anilines is 1. The lowest BCUT2D eigenvalue weighted by Gasteiger charge is -2.17. The second kappa shape index (κ2) is 6.21. The second-order valence-electron chi connectivity index (χ2n) is 4.73. The largest absolute Gasteiger partial charge is 0.480 e. The fourth-order valence-electron chi connectivity index (χ4n) is 2.07. The number of benzene rings is 1. The van der Waals surface area contributed by atoms with E-state index in [1.54, 1.807) is 38.4 Å². The summed E-state index contributed by atoms with van der Waals surface area (Å²) in [6.45, 7) is 3.66. The van der Waals surface area contributed by atoms with Crippen molar-refractivity contribution in [2.45, 2.75) is 19.9 Å². The van der Waals surface area contributed by atoms with Crippen LogP contribution in [-0.2, 0) is 0 Å². The highest BCUT2D eigenvalue weighted by Crippen LogP contribution is 2.28. The first-order valence-corrected chi connectivity index (χ1v) is 6.53. The number of hydrogen-bond acceptors (Lipinski definition) is 5. The van der Waals surface area contributed by atoms with Crippen molar-refractivity contribution in [3.63, 3.8) is 0 Å². The molecule has 2 rings (SSSR count). The van der Waals surface area contributed by atoms with Crippen LogP contribution in [0.3, 0.4) is 0 Å². The number of ether oxygens (including phenoxy) is 1. The third kappa shape index (κ3) is 3.28. The van der Waals surface area contributed by atoms with Crippen molar-refractivity contribution < 1.29 is 9.66 Å². The summed E-state index contributed by atoms with van der Waals surface area (Å²) in [4.78, 5) is 14.8. The topological polar surface area (TPSA) is 77.3 Å². The molecule has 1 aromatic carbocycles. The summed E-state index contributed by atoms with van der Waals surface area (Å²) in [6.07, 6.45) is 1.64. The highest BCUT2D eigenvalue weighted by atomic mass is 16.6. The van der Waals surface area contributed by atoms with Crippen LogP contribution in [0.4, 0.5) is 11.4 Å². The van der Waals surface area contributed by atoms with E-state index >= 15 is 0 Å². The maximum absolute atomic E-state index is 11.0. The van der Waals surface area contributed by atoms with Crippen molar-refractivity contribution in [1.82, 2.24) is 4.98 Å². The summed E-state index contributed by atoms with van der Waals surface area (Å²) >= 11 is 0. The Morgan fingerprint density at radius 2 is 2.14 bits per heavy atom. The van der Waals surface area contributed by atoms with Gasteiger partial charge in [0.05, 0.1) is 17.7 Å². The first-order valence-electron chi connectivity index (χ1n) is 6.53. The zero-order valence-corrected chi connectivity index (χ0v) is 12.2. The minimum absolute atomic E-state index is 0.109. The van der Waals surface area contributed by atoms with Crippen LogP contribution in [0, 0.1) is 17.0 Å². The fraction of sp³-hybridized carbons (Fsp3) is 0.267. The van der Waals surface area contributed by atoms with Crippen molar-refractivity contribution in [2.24, 2.45) is 0 Å². The van der Waals surface area contributed by atoms with Crippen molar-refractivity contribution in [3.05, 3.63) is 57.8 Å². The number of rotatable bonds is 5. The molecule has 0 bridgehead atoms. The van der Waals surface area contributed by atoms with Gasteiger partial charge in [0.15, 0.2) is 0 Å². The zero-order chi connectivity index (χ0) is 15.4. The van der Waals surface area contributed by atoms with Crippen LogP contribution in [0.2, 0.25) is 0 Å². The third-order valence-electron chi connectivity index (χ3n) is 3.27. The number of aryl methyl sites for hydroxylation is 1. The molecule has 6 nitrogen and oxygen atoms in total.